The van der Waals surface area contributed by atoms with Crippen molar-refractivity contribution in [1.29, 1.82) is 0 Å². The van der Waals surface area contributed by atoms with Crippen LogP contribution in [0.4, 0.5) is 0 Å². The van der Waals surface area contributed by atoms with Crippen LogP contribution in [0, 0.1) is 50.2 Å². The molecule has 3 aromatic rings. The number of ether oxygens (including phenoxy) is 3. The third kappa shape index (κ3) is 8.23. The van der Waals surface area contributed by atoms with Crippen LogP contribution in [0.2, 0.25) is 0 Å². The summed E-state index contributed by atoms with van der Waals surface area (Å²) in [7, 11) is 0. The highest BCUT2D eigenvalue weighted by atomic mass is 16.5. The van der Waals surface area contributed by atoms with Crippen molar-refractivity contribution in [3.8, 4) is 0 Å². The number of esters is 3. The number of hydrogen-bond donors (Lipinski definition) is 0. The van der Waals surface area contributed by atoms with Crippen LogP contribution in [-0.4, -0.2) is 47.7 Å². The first-order valence-corrected chi connectivity index (χ1v) is 23.5. The maximum atomic E-state index is 15.2. The van der Waals surface area contributed by atoms with Crippen molar-refractivity contribution in [3.63, 3.8) is 0 Å². The highest BCUT2D eigenvalue weighted by molar-refractivity contribution is 5.95. The smallest absolute Gasteiger partial charge is 0.320 e. The molecule has 8 rings (SSSR count). The Hall–Kier alpha value is -4.56. The molecule has 8 nitrogen and oxygen atoms in total. The first kappa shape index (κ1) is 45.0. The maximum Gasteiger partial charge on any atom is 0.320 e. The van der Waals surface area contributed by atoms with Gasteiger partial charge in [0, 0.05) is 12.0 Å². The van der Waals surface area contributed by atoms with Crippen molar-refractivity contribution < 1.29 is 33.4 Å². The van der Waals surface area contributed by atoms with Gasteiger partial charge in [0.25, 0.3) is 0 Å². The number of benzene rings is 3. The van der Waals surface area contributed by atoms with Gasteiger partial charge in [-0.1, -0.05) is 138 Å². The predicted octanol–water partition coefficient (Wildman–Crippen LogP) is 10.9. The minimum absolute atomic E-state index is 0.0170. The zero-order valence-electron chi connectivity index (χ0n) is 38.8. The molecule has 63 heavy (non-hydrogen) atoms. The highest BCUT2D eigenvalue weighted by Gasteiger charge is 2.70. The maximum absolute atomic E-state index is 15.2. The normalized spacial score (nSPS) is 34.3. The summed E-state index contributed by atoms with van der Waals surface area (Å²) in [6.07, 6.45) is 9.96. The van der Waals surface area contributed by atoms with E-state index in [0.717, 1.165) is 68.1 Å². The number of carbonyl (C=O) groups excluding carboxylic acids is 4. The highest BCUT2D eigenvalue weighted by Crippen LogP contribution is 2.75. The third-order valence-electron chi connectivity index (χ3n) is 17.8. The molecular weight excluding hydrogens is 787 g/mol. The fraction of sp³-hybridized carbons (Fsp3) is 0.564. The second kappa shape index (κ2) is 17.1. The van der Waals surface area contributed by atoms with Crippen LogP contribution in [0.3, 0.4) is 0 Å². The molecular formula is C55H69NO7. The Labute approximate surface area is 375 Å². The molecule has 0 bridgehead atoms. The zero-order valence-corrected chi connectivity index (χ0v) is 38.8. The molecule has 5 aliphatic carbocycles. The Kier molecular flexibility index (Phi) is 12.2. The second-order valence-electron chi connectivity index (χ2n) is 21.9. The zero-order chi connectivity index (χ0) is 44.8. The summed E-state index contributed by atoms with van der Waals surface area (Å²) in [5.41, 5.74) is 2.33. The molecule has 0 aliphatic heterocycles. The Balaban J connectivity index is 1.04. The Morgan fingerprint density at radius 2 is 1.13 bits per heavy atom. The molecule has 0 N–H and O–H groups in total. The minimum atomic E-state index is -0.626. The van der Waals surface area contributed by atoms with Crippen molar-refractivity contribution in [1.82, 2.24) is 4.90 Å². The summed E-state index contributed by atoms with van der Waals surface area (Å²) in [5.74, 6) is -0.545. The molecule has 0 aromatic heterocycles. The summed E-state index contributed by atoms with van der Waals surface area (Å²) in [4.78, 5) is 58.4. The number of carbonyl (C=O) groups is 4. The number of rotatable bonds is 12. The average Bonchev–Trinajstić information content (AvgIpc) is 3.26. The Bertz CT molecular complexity index is 2150. The molecule has 3 aromatic carbocycles. The van der Waals surface area contributed by atoms with Gasteiger partial charge >= 0.3 is 17.9 Å². The minimum Gasteiger partial charge on any atom is -0.460 e. The summed E-state index contributed by atoms with van der Waals surface area (Å²) in [6.45, 7) is 16.8. The van der Waals surface area contributed by atoms with Crippen molar-refractivity contribution >= 4 is 23.7 Å². The fourth-order valence-corrected chi connectivity index (χ4v) is 14.1. The van der Waals surface area contributed by atoms with E-state index in [2.05, 4.69) is 54.5 Å². The van der Waals surface area contributed by atoms with E-state index in [0.29, 0.717) is 6.42 Å². The molecule has 4 fully saturated rings. The molecule has 4 saturated carbocycles. The first-order valence-electron chi connectivity index (χ1n) is 23.5. The molecule has 0 saturated heterocycles. The number of nitrogens with zero attached hydrogens (tertiary/aromatic N) is 1. The van der Waals surface area contributed by atoms with Crippen molar-refractivity contribution in [3.05, 3.63) is 119 Å². The summed E-state index contributed by atoms with van der Waals surface area (Å²) >= 11 is 0. The van der Waals surface area contributed by atoms with E-state index < -0.39 is 5.41 Å². The van der Waals surface area contributed by atoms with Gasteiger partial charge in [-0.15, -0.1) is 0 Å². The average molecular weight is 856 g/mol. The van der Waals surface area contributed by atoms with Gasteiger partial charge in [-0.2, -0.15) is 0 Å². The van der Waals surface area contributed by atoms with Crippen LogP contribution in [-0.2, 0) is 53.2 Å². The first-order chi connectivity index (χ1) is 29.9. The number of allylic oxidation sites excluding steroid dienone is 2. The molecule has 8 heteroatoms. The number of ketones is 1. The lowest BCUT2D eigenvalue weighted by Gasteiger charge is -2.71. The van der Waals surface area contributed by atoms with Crippen LogP contribution in [0.5, 0.6) is 0 Å². The Morgan fingerprint density at radius 3 is 1.67 bits per heavy atom. The van der Waals surface area contributed by atoms with Gasteiger partial charge in [0.15, 0.2) is 5.78 Å². The molecule has 0 heterocycles. The summed E-state index contributed by atoms with van der Waals surface area (Å²) < 4.78 is 17.6. The van der Waals surface area contributed by atoms with Crippen molar-refractivity contribution in [2.45, 2.75) is 132 Å². The lowest BCUT2D eigenvalue weighted by Crippen LogP contribution is -2.68. The largest absolute Gasteiger partial charge is 0.460 e. The van der Waals surface area contributed by atoms with E-state index in [1.807, 2.05) is 95.9 Å². The standard InChI is InChI=1S/C55H69NO7/c1-50(2)44-23-26-55(7)48(43(57)31-41-42-32-52(4,28-27-51(42,3)29-30-54(41,55)6)49(60)63-37-40-21-15-10-16-22-40)53(44,5)25-24-45(50)56(33-46(58)61-35-38-17-11-8-12-18-38)34-47(59)62-36-39-19-13-9-14-20-39/h8-22,31,42,44-45,48H,23-30,32-37H2,1-7H3/t42-,44-,45-,48+,51+,52-,53-,54+,55+/m0/s1. The second-order valence-corrected chi connectivity index (χ2v) is 21.9. The van der Waals surface area contributed by atoms with E-state index in [4.69, 9.17) is 14.2 Å². The van der Waals surface area contributed by atoms with Gasteiger partial charge in [0.1, 0.15) is 19.8 Å². The summed E-state index contributed by atoms with van der Waals surface area (Å²) in [5, 5.41) is 0. The van der Waals surface area contributed by atoms with Crippen LogP contribution in [0.1, 0.15) is 123 Å². The van der Waals surface area contributed by atoms with E-state index >= 15 is 4.79 Å². The van der Waals surface area contributed by atoms with Crippen LogP contribution in [0.15, 0.2) is 103 Å². The van der Waals surface area contributed by atoms with Gasteiger partial charge < -0.3 is 14.2 Å². The van der Waals surface area contributed by atoms with E-state index in [-0.39, 0.29) is 107 Å². The predicted molar refractivity (Wildman–Crippen MR) is 244 cm³/mol. The number of hydrogen-bond acceptors (Lipinski definition) is 8. The topological polar surface area (TPSA) is 99.2 Å². The lowest BCUT2D eigenvalue weighted by atomic mass is 9.33. The van der Waals surface area contributed by atoms with E-state index in [1.165, 1.54) is 5.57 Å². The molecule has 0 unspecified atom stereocenters. The molecule has 336 valence electrons. The molecule has 0 spiro atoms. The van der Waals surface area contributed by atoms with Crippen LogP contribution >= 0.6 is 0 Å². The third-order valence-corrected chi connectivity index (χ3v) is 17.8. The molecule has 0 amide bonds. The lowest BCUT2D eigenvalue weighted by molar-refractivity contribution is -0.197. The number of fused-ring (bicyclic) bond motifs is 7. The van der Waals surface area contributed by atoms with E-state index in [1.54, 1.807) is 0 Å². The van der Waals surface area contributed by atoms with Gasteiger partial charge in [-0.05, 0) is 126 Å². The van der Waals surface area contributed by atoms with Crippen molar-refractivity contribution in [2.24, 2.45) is 50.2 Å². The van der Waals surface area contributed by atoms with Gasteiger partial charge in [0.05, 0.1) is 18.5 Å². The van der Waals surface area contributed by atoms with Crippen LogP contribution < -0.4 is 0 Å². The fourth-order valence-electron chi connectivity index (χ4n) is 14.1. The molecule has 9 atom stereocenters. The van der Waals surface area contributed by atoms with Gasteiger partial charge in [0.2, 0.25) is 0 Å². The molecule has 0 radical (unpaired) electrons. The summed E-state index contributed by atoms with van der Waals surface area (Å²) in [6, 6.07) is 29.0. The van der Waals surface area contributed by atoms with E-state index in [9.17, 15) is 14.4 Å². The monoisotopic (exact) mass is 856 g/mol. The van der Waals surface area contributed by atoms with Gasteiger partial charge in [-0.25, -0.2) is 0 Å². The molecule has 5 aliphatic rings. The van der Waals surface area contributed by atoms with Gasteiger partial charge in [-0.3, -0.25) is 24.1 Å². The quantitative estimate of drug-likeness (QED) is 0.131. The Morgan fingerprint density at radius 1 is 0.619 bits per heavy atom. The SMILES string of the molecule is CC1(C)[C@@H](N(CC(=O)OCc2ccccc2)CC(=O)OCc2ccccc2)CC[C@]2(C)[C@H]3C(=O)C=C4[C@@H]5C[C@@](C)(C(=O)OCc6ccccc6)CC[C@]5(C)CC[C@@]4(C)[C@]3(C)CC[C@@H]12. The van der Waals surface area contributed by atoms with Crippen molar-refractivity contribution in [2.75, 3.05) is 13.1 Å². The van der Waals surface area contributed by atoms with Crippen LogP contribution in [0.25, 0.3) is 0 Å².